The summed E-state index contributed by atoms with van der Waals surface area (Å²) in [5, 5.41) is 0. The summed E-state index contributed by atoms with van der Waals surface area (Å²) < 4.78 is 5.15. The quantitative estimate of drug-likeness (QED) is 0.608. The van der Waals surface area contributed by atoms with E-state index in [1.807, 2.05) is 6.07 Å². The lowest BCUT2D eigenvalue weighted by Gasteiger charge is -2.33. The number of hydrogen-bond donors (Lipinski definition) is 2. The van der Waals surface area contributed by atoms with Gasteiger partial charge in [-0.15, -0.1) is 0 Å². The van der Waals surface area contributed by atoms with E-state index in [0.29, 0.717) is 5.92 Å². The van der Waals surface area contributed by atoms with E-state index >= 15 is 0 Å². The van der Waals surface area contributed by atoms with Crippen molar-refractivity contribution >= 4 is 0 Å². The molecular formula is C13H22N2O. The first-order valence-corrected chi connectivity index (χ1v) is 6.33. The second kappa shape index (κ2) is 5.51. The number of rotatable bonds is 4. The van der Waals surface area contributed by atoms with E-state index < -0.39 is 0 Å². The molecule has 1 aliphatic carbocycles. The summed E-state index contributed by atoms with van der Waals surface area (Å²) in [6.45, 7) is 2.29. The Balaban J connectivity index is 2.03. The van der Waals surface area contributed by atoms with Crippen LogP contribution in [-0.4, -0.2) is 0 Å². The van der Waals surface area contributed by atoms with Crippen molar-refractivity contribution in [3.05, 3.63) is 24.2 Å². The number of hydrazine groups is 1. The smallest absolute Gasteiger partial charge is 0.0950 e. The van der Waals surface area contributed by atoms with Crippen molar-refractivity contribution in [1.29, 1.82) is 0 Å². The Morgan fingerprint density at radius 1 is 1.56 bits per heavy atom. The van der Waals surface area contributed by atoms with Crippen LogP contribution in [-0.2, 0) is 0 Å². The van der Waals surface area contributed by atoms with Crippen LogP contribution in [0.2, 0.25) is 0 Å². The van der Waals surface area contributed by atoms with Crippen molar-refractivity contribution in [3.63, 3.8) is 0 Å². The van der Waals surface area contributed by atoms with Gasteiger partial charge in [0, 0.05) is 5.56 Å². The zero-order valence-corrected chi connectivity index (χ0v) is 9.99. The molecule has 3 nitrogen and oxygen atoms in total. The Morgan fingerprint density at radius 2 is 2.44 bits per heavy atom. The topological polar surface area (TPSA) is 51.2 Å². The summed E-state index contributed by atoms with van der Waals surface area (Å²) in [5.41, 5.74) is 4.14. The predicted octanol–water partition coefficient (Wildman–Crippen LogP) is 3.00. The fraction of sp³-hybridized carbons (Fsp3) is 0.692. The van der Waals surface area contributed by atoms with Crippen LogP contribution in [0.4, 0.5) is 0 Å². The maximum Gasteiger partial charge on any atom is 0.0950 e. The van der Waals surface area contributed by atoms with Gasteiger partial charge in [0.2, 0.25) is 0 Å². The Morgan fingerprint density at radius 3 is 3.06 bits per heavy atom. The van der Waals surface area contributed by atoms with Gasteiger partial charge < -0.3 is 4.42 Å². The minimum Gasteiger partial charge on any atom is -0.472 e. The molecule has 0 radical (unpaired) electrons. The van der Waals surface area contributed by atoms with Crippen molar-refractivity contribution in [3.8, 4) is 0 Å². The van der Waals surface area contributed by atoms with Crippen LogP contribution in [0.5, 0.6) is 0 Å². The van der Waals surface area contributed by atoms with Crippen LogP contribution < -0.4 is 11.3 Å². The second-order valence-corrected chi connectivity index (χ2v) is 4.90. The molecule has 90 valence electrons. The normalized spacial score (nSPS) is 27.9. The summed E-state index contributed by atoms with van der Waals surface area (Å²) in [5.74, 6) is 7.22. The van der Waals surface area contributed by atoms with Crippen LogP contribution in [0.3, 0.4) is 0 Å². The van der Waals surface area contributed by atoms with E-state index in [-0.39, 0.29) is 6.04 Å². The van der Waals surface area contributed by atoms with Gasteiger partial charge in [-0.25, -0.2) is 0 Å². The Kier molecular flexibility index (Phi) is 4.02. The van der Waals surface area contributed by atoms with Gasteiger partial charge in [0.25, 0.3) is 0 Å². The molecule has 1 aromatic rings. The van der Waals surface area contributed by atoms with Crippen molar-refractivity contribution in [2.45, 2.75) is 45.1 Å². The Hall–Kier alpha value is -0.800. The van der Waals surface area contributed by atoms with Crippen LogP contribution in [0.25, 0.3) is 0 Å². The van der Waals surface area contributed by atoms with E-state index in [9.17, 15) is 0 Å². The molecule has 1 saturated carbocycles. The fourth-order valence-electron chi connectivity index (χ4n) is 2.96. The lowest BCUT2D eigenvalue weighted by atomic mass is 9.76. The molecule has 2 rings (SSSR count). The molecule has 0 spiro atoms. The molecule has 0 aromatic carbocycles. The lowest BCUT2D eigenvalue weighted by molar-refractivity contribution is 0.209. The molecule has 3 N–H and O–H groups in total. The minimum atomic E-state index is 0.257. The molecule has 1 aliphatic rings. The van der Waals surface area contributed by atoms with E-state index in [4.69, 9.17) is 10.3 Å². The summed E-state index contributed by atoms with van der Waals surface area (Å²) in [4.78, 5) is 0. The summed E-state index contributed by atoms with van der Waals surface area (Å²) >= 11 is 0. The van der Waals surface area contributed by atoms with Gasteiger partial charge in [0.05, 0.1) is 18.6 Å². The van der Waals surface area contributed by atoms with E-state index in [0.717, 1.165) is 5.92 Å². The molecule has 0 amide bonds. The highest BCUT2D eigenvalue weighted by atomic mass is 16.3. The van der Waals surface area contributed by atoms with Gasteiger partial charge in [0.1, 0.15) is 0 Å². The van der Waals surface area contributed by atoms with Crippen LogP contribution in [0.1, 0.15) is 50.6 Å². The number of nitrogens with two attached hydrogens (primary N) is 1. The van der Waals surface area contributed by atoms with Crippen LogP contribution in [0, 0.1) is 11.8 Å². The third kappa shape index (κ3) is 2.47. The van der Waals surface area contributed by atoms with Crippen molar-refractivity contribution in [2.24, 2.45) is 17.7 Å². The molecule has 1 heterocycles. The summed E-state index contributed by atoms with van der Waals surface area (Å²) in [7, 11) is 0. The largest absolute Gasteiger partial charge is 0.472 e. The Labute approximate surface area is 97.4 Å². The molecule has 3 atom stereocenters. The van der Waals surface area contributed by atoms with E-state index in [2.05, 4.69) is 12.3 Å². The number of nitrogens with one attached hydrogen (secondary N) is 1. The highest BCUT2D eigenvalue weighted by Gasteiger charge is 2.28. The zero-order chi connectivity index (χ0) is 11.4. The first-order valence-electron chi connectivity index (χ1n) is 6.33. The molecule has 0 saturated heterocycles. The van der Waals surface area contributed by atoms with Crippen molar-refractivity contribution in [2.75, 3.05) is 0 Å². The highest BCUT2D eigenvalue weighted by Crippen LogP contribution is 2.38. The maximum absolute atomic E-state index is 5.69. The molecule has 0 aliphatic heterocycles. The fourth-order valence-corrected chi connectivity index (χ4v) is 2.96. The monoisotopic (exact) mass is 222 g/mol. The van der Waals surface area contributed by atoms with Crippen LogP contribution in [0.15, 0.2) is 23.0 Å². The Bertz CT molecular complexity index is 297. The molecular weight excluding hydrogens is 200 g/mol. The van der Waals surface area contributed by atoms with Crippen LogP contribution >= 0.6 is 0 Å². The third-order valence-corrected chi connectivity index (χ3v) is 3.95. The number of furan rings is 1. The predicted molar refractivity (Wildman–Crippen MR) is 64.5 cm³/mol. The second-order valence-electron chi connectivity index (χ2n) is 4.90. The van der Waals surface area contributed by atoms with Crippen molar-refractivity contribution in [1.82, 2.24) is 5.43 Å². The highest BCUT2D eigenvalue weighted by molar-refractivity contribution is 5.12. The molecule has 0 bridgehead atoms. The zero-order valence-electron chi connectivity index (χ0n) is 9.99. The standard InChI is InChI=1S/C13H22N2O/c1-2-10-4-3-5-11(8-10)13(15-14)12-6-7-16-9-12/h6-7,9-11,13,15H,2-5,8,14H2,1H3. The summed E-state index contributed by atoms with van der Waals surface area (Å²) in [6.07, 6.45) is 10.1. The van der Waals surface area contributed by atoms with Crippen molar-refractivity contribution < 1.29 is 4.42 Å². The van der Waals surface area contributed by atoms with Gasteiger partial charge in [-0.3, -0.25) is 11.3 Å². The molecule has 1 fully saturated rings. The maximum atomic E-state index is 5.69. The SMILES string of the molecule is CCC1CCCC(C(NN)c2ccoc2)C1. The lowest BCUT2D eigenvalue weighted by Crippen LogP contribution is -2.35. The molecule has 3 unspecified atom stereocenters. The van der Waals surface area contributed by atoms with Gasteiger partial charge in [-0.2, -0.15) is 0 Å². The van der Waals surface area contributed by atoms with E-state index in [1.165, 1.54) is 37.7 Å². The van der Waals surface area contributed by atoms with Gasteiger partial charge in [0.15, 0.2) is 0 Å². The number of hydrogen-bond acceptors (Lipinski definition) is 3. The first-order chi connectivity index (χ1) is 7.85. The summed E-state index contributed by atoms with van der Waals surface area (Å²) in [6, 6.07) is 2.27. The first kappa shape index (κ1) is 11.7. The molecule has 16 heavy (non-hydrogen) atoms. The molecule has 3 heteroatoms. The van der Waals surface area contributed by atoms with Gasteiger partial charge in [-0.1, -0.05) is 26.2 Å². The average Bonchev–Trinajstić information content (AvgIpc) is 2.84. The minimum absolute atomic E-state index is 0.257. The average molecular weight is 222 g/mol. The third-order valence-electron chi connectivity index (χ3n) is 3.95. The van der Waals surface area contributed by atoms with Gasteiger partial charge in [-0.05, 0) is 30.7 Å². The van der Waals surface area contributed by atoms with Gasteiger partial charge >= 0.3 is 0 Å². The molecule has 1 aromatic heterocycles. The van der Waals surface area contributed by atoms with E-state index in [1.54, 1.807) is 12.5 Å².